The number of hydrogen-bond acceptors (Lipinski definition) is 4. The Hall–Kier alpha value is -1.55. The van der Waals surface area contributed by atoms with Crippen molar-refractivity contribution < 1.29 is 14.3 Å². The molecule has 1 aromatic rings. The van der Waals surface area contributed by atoms with Gasteiger partial charge in [0.25, 0.3) is 0 Å². The van der Waals surface area contributed by atoms with Gasteiger partial charge < -0.3 is 15.2 Å². The first-order chi connectivity index (χ1) is 10.2. The van der Waals surface area contributed by atoms with Crippen LogP contribution in [0.2, 0.25) is 0 Å². The van der Waals surface area contributed by atoms with Crippen LogP contribution in [0.15, 0.2) is 18.2 Å². The third-order valence-corrected chi connectivity index (χ3v) is 3.22. The molecule has 4 heteroatoms. The Morgan fingerprint density at radius 3 is 2.71 bits per heavy atom. The average molecular weight is 293 g/mol. The smallest absolute Gasteiger partial charge is 0.306 e. The highest BCUT2D eigenvalue weighted by Gasteiger charge is 2.09. The molecule has 0 heterocycles. The monoisotopic (exact) mass is 293 g/mol. The normalized spacial score (nSPS) is 10.4. The predicted octanol–water partition coefficient (Wildman–Crippen LogP) is 2.86. The van der Waals surface area contributed by atoms with Crippen molar-refractivity contribution >= 4 is 5.97 Å². The van der Waals surface area contributed by atoms with Gasteiger partial charge in [0.05, 0.1) is 13.2 Å². The molecule has 0 saturated carbocycles. The number of hydrogen-bond donors (Lipinski definition) is 1. The standard InChI is InChI=1S/C17H27NO3/c1-3-5-12-21-16-13-14(10-11-18)6-7-15(16)8-9-17(19)20-4-2/h6-7,13H,3-5,8-12,18H2,1-2H3. The molecular formula is C17H27NO3. The fourth-order valence-corrected chi connectivity index (χ4v) is 2.06. The lowest BCUT2D eigenvalue weighted by Crippen LogP contribution is -2.08. The van der Waals surface area contributed by atoms with Gasteiger partial charge in [-0.15, -0.1) is 0 Å². The molecule has 118 valence electrons. The molecule has 0 aliphatic carbocycles. The van der Waals surface area contributed by atoms with E-state index in [2.05, 4.69) is 13.0 Å². The number of nitrogens with two attached hydrogens (primary N) is 1. The van der Waals surface area contributed by atoms with E-state index < -0.39 is 0 Å². The van der Waals surface area contributed by atoms with Crippen molar-refractivity contribution in [1.29, 1.82) is 0 Å². The molecule has 1 rings (SSSR count). The van der Waals surface area contributed by atoms with Crippen LogP contribution in [-0.2, 0) is 22.4 Å². The van der Waals surface area contributed by atoms with Gasteiger partial charge >= 0.3 is 5.97 Å². The molecule has 0 radical (unpaired) electrons. The number of esters is 1. The molecule has 0 atom stereocenters. The third-order valence-electron chi connectivity index (χ3n) is 3.22. The van der Waals surface area contributed by atoms with E-state index in [0.717, 1.165) is 30.6 Å². The highest BCUT2D eigenvalue weighted by atomic mass is 16.5. The Balaban J connectivity index is 2.72. The minimum absolute atomic E-state index is 0.164. The van der Waals surface area contributed by atoms with Crippen molar-refractivity contribution in [2.75, 3.05) is 19.8 Å². The summed E-state index contributed by atoms with van der Waals surface area (Å²) in [6, 6.07) is 6.13. The van der Waals surface area contributed by atoms with Gasteiger partial charge in [0.1, 0.15) is 5.75 Å². The summed E-state index contributed by atoms with van der Waals surface area (Å²) in [5.74, 6) is 0.710. The zero-order chi connectivity index (χ0) is 15.5. The van der Waals surface area contributed by atoms with Gasteiger partial charge in [0.2, 0.25) is 0 Å². The van der Waals surface area contributed by atoms with E-state index in [1.807, 2.05) is 19.1 Å². The zero-order valence-corrected chi connectivity index (χ0v) is 13.2. The Morgan fingerprint density at radius 1 is 1.24 bits per heavy atom. The summed E-state index contributed by atoms with van der Waals surface area (Å²) < 4.78 is 10.8. The molecule has 0 amide bonds. The van der Waals surface area contributed by atoms with Crippen LogP contribution in [0.4, 0.5) is 0 Å². The van der Waals surface area contributed by atoms with Crippen molar-refractivity contribution in [2.45, 2.75) is 46.0 Å². The Labute approximate surface area is 127 Å². The molecule has 0 bridgehead atoms. The van der Waals surface area contributed by atoms with E-state index in [9.17, 15) is 4.79 Å². The van der Waals surface area contributed by atoms with Gasteiger partial charge in [-0.3, -0.25) is 4.79 Å². The molecule has 21 heavy (non-hydrogen) atoms. The van der Waals surface area contributed by atoms with Crippen LogP contribution in [-0.4, -0.2) is 25.7 Å². The van der Waals surface area contributed by atoms with Crippen LogP contribution >= 0.6 is 0 Å². The number of carbonyl (C=O) groups is 1. The minimum Gasteiger partial charge on any atom is -0.493 e. The number of unbranched alkanes of at least 4 members (excludes halogenated alkanes) is 1. The number of carbonyl (C=O) groups excluding carboxylic acids is 1. The first-order valence-electron chi connectivity index (χ1n) is 7.81. The quantitative estimate of drug-likeness (QED) is 0.532. The van der Waals surface area contributed by atoms with E-state index >= 15 is 0 Å². The lowest BCUT2D eigenvalue weighted by Gasteiger charge is -2.13. The predicted molar refractivity (Wildman–Crippen MR) is 84.6 cm³/mol. The van der Waals surface area contributed by atoms with Gasteiger partial charge in [-0.25, -0.2) is 0 Å². The van der Waals surface area contributed by atoms with Crippen molar-refractivity contribution in [2.24, 2.45) is 5.73 Å². The SMILES string of the molecule is CCCCOc1cc(CCN)ccc1CCC(=O)OCC. The van der Waals surface area contributed by atoms with Crippen molar-refractivity contribution in [3.8, 4) is 5.75 Å². The van der Waals surface area contributed by atoms with Gasteiger partial charge in [-0.2, -0.15) is 0 Å². The summed E-state index contributed by atoms with van der Waals surface area (Å²) in [5.41, 5.74) is 7.83. The Bertz CT molecular complexity index is 432. The lowest BCUT2D eigenvalue weighted by atomic mass is 10.0. The molecule has 0 aliphatic rings. The van der Waals surface area contributed by atoms with Crippen molar-refractivity contribution in [1.82, 2.24) is 0 Å². The van der Waals surface area contributed by atoms with E-state index in [1.165, 1.54) is 5.56 Å². The number of aryl methyl sites for hydroxylation is 1. The van der Waals surface area contributed by atoms with Crippen LogP contribution in [0.1, 0.15) is 44.2 Å². The topological polar surface area (TPSA) is 61.5 Å². The highest BCUT2D eigenvalue weighted by Crippen LogP contribution is 2.23. The summed E-state index contributed by atoms with van der Waals surface area (Å²) in [6.07, 6.45) is 3.98. The average Bonchev–Trinajstić information content (AvgIpc) is 2.47. The van der Waals surface area contributed by atoms with Gasteiger partial charge in [0.15, 0.2) is 0 Å². The van der Waals surface area contributed by atoms with Gasteiger partial charge in [0, 0.05) is 6.42 Å². The van der Waals surface area contributed by atoms with E-state index in [4.69, 9.17) is 15.2 Å². The summed E-state index contributed by atoms with van der Waals surface area (Å²) in [5, 5.41) is 0. The number of rotatable bonds is 10. The molecule has 2 N–H and O–H groups in total. The zero-order valence-electron chi connectivity index (χ0n) is 13.2. The summed E-state index contributed by atoms with van der Waals surface area (Å²) in [6.45, 7) is 5.70. The number of ether oxygens (including phenoxy) is 2. The maximum absolute atomic E-state index is 11.5. The first kappa shape index (κ1) is 17.5. The maximum atomic E-state index is 11.5. The van der Waals surface area contributed by atoms with Crippen LogP contribution in [0.3, 0.4) is 0 Å². The second kappa shape index (κ2) is 10.2. The summed E-state index contributed by atoms with van der Waals surface area (Å²) in [7, 11) is 0. The van der Waals surface area contributed by atoms with E-state index in [0.29, 0.717) is 32.6 Å². The number of benzene rings is 1. The molecule has 0 fully saturated rings. The summed E-state index contributed by atoms with van der Waals surface area (Å²) in [4.78, 5) is 11.5. The molecule has 1 aromatic carbocycles. The molecule has 0 spiro atoms. The molecule has 0 aromatic heterocycles. The van der Waals surface area contributed by atoms with Crippen molar-refractivity contribution in [3.05, 3.63) is 29.3 Å². The third kappa shape index (κ3) is 6.63. The van der Waals surface area contributed by atoms with E-state index in [1.54, 1.807) is 0 Å². The second-order valence-corrected chi connectivity index (χ2v) is 4.99. The largest absolute Gasteiger partial charge is 0.493 e. The fraction of sp³-hybridized carbons (Fsp3) is 0.588. The van der Waals surface area contributed by atoms with E-state index in [-0.39, 0.29) is 5.97 Å². The van der Waals surface area contributed by atoms with Crippen molar-refractivity contribution in [3.63, 3.8) is 0 Å². The van der Waals surface area contributed by atoms with Gasteiger partial charge in [-0.05, 0) is 49.9 Å². The Morgan fingerprint density at radius 2 is 2.05 bits per heavy atom. The second-order valence-electron chi connectivity index (χ2n) is 4.99. The van der Waals surface area contributed by atoms with Crippen LogP contribution in [0.25, 0.3) is 0 Å². The molecule has 4 nitrogen and oxygen atoms in total. The maximum Gasteiger partial charge on any atom is 0.306 e. The van der Waals surface area contributed by atoms with Crippen LogP contribution in [0.5, 0.6) is 5.75 Å². The molecule has 0 aliphatic heterocycles. The highest BCUT2D eigenvalue weighted by molar-refractivity contribution is 5.69. The molecule has 0 saturated heterocycles. The van der Waals surface area contributed by atoms with Crippen LogP contribution < -0.4 is 10.5 Å². The fourth-order valence-electron chi connectivity index (χ4n) is 2.06. The lowest BCUT2D eigenvalue weighted by molar-refractivity contribution is -0.143. The van der Waals surface area contributed by atoms with Gasteiger partial charge in [-0.1, -0.05) is 25.5 Å². The van der Waals surface area contributed by atoms with Crippen LogP contribution in [0, 0.1) is 0 Å². The molecule has 0 unspecified atom stereocenters. The molecular weight excluding hydrogens is 266 g/mol. The minimum atomic E-state index is -0.164. The Kier molecular flexibility index (Phi) is 8.51. The first-order valence-corrected chi connectivity index (χ1v) is 7.81. The summed E-state index contributed by atoms with van der Waals surface area (Å²) >= 11 is 0.